The van der Waals surface area contributed by atoms with Gasteiger partial charge in [-0.2, -0.15) is 13.2 Å². The fourth-order valence-corrected chi connectivity index (χ4v) is 8.79. The first kappa shape index (κ1) is 26.4. The average Bonchev–Trinajstić information content (AvgIpc) is 3.07. The Morgan fingerprint density at radius 2 is 1.53 bits per heavy atom. The maximum Gasteiger partial charge on any atom is 0.391 e. The van der Waals surface area contributed by atoms with Crippen LogP contribution in [-0.4, -0.2) is 18.9 Å². The first-order valence-corrected chi connectivity index (χ1v) is 13.7. The molecule has 4 saturated carbocycles. The predicted octanol–water partition coefficient (Wildman–Crippen LogP) is 9.06. The van der Waals surface area contributed by atoms with Crippen LogP contribution in [0.3, 0.4) is 0 Å². The van der Waals surface area contributed by atoms with Crippen LogP contribution >= 0.6 is 0 Å². The summed E-state index contributed by atoms with van der Waals surface area (Å²) in [6, 6.07) is 0. The number of hydrogen-bond donors (Lipinski definition) is 0. The van der Waals surface area contributed by atoms with Crippen molar-refractivity contribution in [2.24, 2.45) is 46.3 Å². The molecular weight excluding hydrogens is 409 g/mol. The maximum absolute atomic E-state index is 13.4. The van der Waals surface area contributed by atoms with Crippen molar-refractivity contribution in [3.63, 3.8) is 0 Å². The highest BCUT2D eigenvalue weighted by Gasteiger charge is 2.61. The van der Waals surface area contributed by atoms with Crippen LogP contribution in [0.4, 0.5) is 13.2 Å². The standard InChI is InChI=1S/C26H43F3O.C2H6/c1-17(2)30-15-5-6-18-8-10-22-21-9-7-19-16-20(26(27,28)29)11-13-25(19,4)23(21)12-14-24(18,22)3;1-2/h17-23H,5-16H2,1-4H3;1-2H3. The van der Waals surface area contributed by atoms with E-state index in [0.717, 1.165) is 43.6 Å². The van der Waals surface area contributed by atoms with Crippen molar-refractivity contribution in [2.75, 3.05) is 6.61 Å². The zero-order valence-corrected chi connectivity index (χ0v) is 21.6. The molecule has 0 heterocycles. The summed E-state index contributed by atoms with van der Waals surface area (Å²) < 4.78 is 46.0. The molecule has 188 valence electrons. The number of halogens is 3. The minimum Gasteiger partial charge on any atom is -0.379 e. The van der Waals surface area contributed by atoms with Gasteiger partial charge in [0.1, 0.15) is 0 Å². The highest BCUT2D eigenvalue weighted by Crippen LogP contribution is 2.68. The molecule has 0 aromatic carbocycles. The van der Waals surface area contributed by atoms with E-state index in [1.54, 1.807) is 0 Å². The van der Waals surface area contributed by atoms with Gasteiger partial charge < -0.3 is 4.74 Å². The monoisotopic (exact) mass is 458 g/mol. The summed E-state index contributed by atoms with van der Waals surface area (Å²) in [4.78, 5) is 0. The Labute approximate surface area is 195 Å². The van der Waals surface area contributed by atoms with E-state index in [2.05, 4.69) is 27.7 Å². The Morgan fingerprint density at radius 1 is 0.875 bits per heavy atom. The Balaban J connectivity index is 0.00000141. The first-order chi connectivity index (χ1) is 15.1. The van der Waals surface area contributed by atoms with Gasteiger partial charge in [0.25, 0.3) is 0 Å². The van der Waals surface area contributed by atoms with E-state index in [0.29, 0.717) is 30.3 Å². The highest BCUT2D eigenvalue weighted by atomic mass is 19.4. The van der Waals surface area contributed by atoms with Gasteiger partial charge in [-0.1, -0.05) is 27.7 Å². The van der Waals surface area contributed by atoms with Crippen LogP contribution in [0.5, 0.6) is 0 Å². The van der Waals surface area contributed by atoms with Crippen LogP contribution in [0, 0.1) is 46.3 Å². The zero-order valence-electron chi connectivity index (χ0n) is 21.6. The van der Waals surface area contributed by atoms with Crippen LogP contribution < -0.4 is 0 Å². The lowest BCUT2D eigenvalue weighted by Gasteiger charge is -2.61. The zero-order chi connectivity index (χ0) is 23.7. The van der Waals surface area contributed by atoms with Crippen molar-refractivity contribution in [1.29, 1.82) is 0 Å². The molecule has 0 saturated heterocycles. The molecule has 0 spiro atoms. The van der Waals surface area contributed by atoms with Crippen LogP contribution in [0.15, 0.2) is 0 Å². The van der Waals surface area contributed by atoms with Gasteiger partial charge in [-0.05, 0) is 125 Å². The van der Waals surface area contributed by atoms with Crippen LogP contribution in [-0.2, 0) is 4.74 Å². The Bertz CT molecular complexity index is 602. The van der Waals surface area contributed by atoms with Crippen molar-refractivity contribution in [1.82, 2.24) is 0 Å². The van der Waals surface area contributed by atoms with Gasteiger partial charge in [0.05, 0.1) is 12.0 Å². The molecule has 8 unspecified atom stereocenters. The Morgan fingerprint density at radius 3 is 2.19 bits per heavy atom. The lowest BCUT2D eigenvalue weighted by atomic mass is 9.44. The molecule has 4 aliphatic carbocycles. The third-order valence-electron chi connectivity index (χ3n) is 10.5. The van der Waals surface area contributed by atoms with E-state index in [9.17, 15) is 13.2 Å². The summed E-state index contributed by atoms with van der Waals surface area (Å²) in [6.07, 6.45) is 7.76. The second-order valence-electron chi connectivity index (χ2n) is 12.1. The lowest BCUT2D eigenvalue weighted by Crippen LogP contribution is -2.54. The molecule has 32 heavy (non-hydrogen) atoms. The van der Waals surface area contributed by atoms with Gasteiger partial charge in [0.15, 0.2) is 0 Å². The molecule has 0 aliphatic heterocycles. The minimum absolute atomic E-state index is 0.148. The topological polar surface area (TPSA) is 9.23 Å². The Hall–Kier alpha value is -0.250. The molecule has 0 N–H and O–H groups in total. The summed E-state index contributed by atoms with van der Waals surface area (Å²) in [7, 11) is 0. The van der Waals surface area contributed by atoms with Crippen molar-refractivity contribution in [3.8, 4) is 0 Å². The molecule has 0 aromatic heterocycles. The predicted molar refractivity (Wildman–Crippen MR) is 126 cm³/mol. The summed E-state index contributed by atoms with van der Waals surface area (Å²) >= 11 is 0. The van der Waals surface area contributed by atoms with Crippen molar-refractivity contribution >= 4 is 0 Å². The average molecular weight is 459 g/mol. The molecule has 4 aliphatic rings. The van der Waals surface area contributed by atoms with Crippen LogP contribution in [0.1, 0.15) is 112 Å². The number of ether oxygens (including phenoxy) is 1. The number of alkyl halides is 3. The molecule has 8 atom stereocenters. The SMILES string of the molecule is CC.CC(C)OCCCC1CCC2C3CCC4CC(C(F)(F)F)CCC4(C)C3CCC12C. The highest BCUT2D eigenvalue weighted by molar-refractivity contribution is 5.09. The minimum atomic E-state index is -4.00. The molecule has 4 heteroatoms. The van der Waals surface area contributed by atoms with E-state index in [1.165, 1.54) is 38.5 Å². The number of hydrogen-bond acceptors (Lipinski definition) is 1. The Kier molecular flexibility index (Phi) is 8.37. The summed E-state index contributed by atoms with van der Waals surface area (Å²) in [5, 5.41) is 0. The van der Waals surface area contributed by atoms with Crippen molar-refractivity contribution in [3.05, 3.63) is 0 Å². The molecule has 0 aromatic rings. The van der Waals surface area contributed by atoms with Gasteiger partial charge in [-0.25, -0.2) is 0 Å². The molecule has 4 rings (SSSR count). The van der Waals surface area contributed by atoms with Crippen LogP contribution in [0.2, 0.25) is 0 Å². The number of fused-ring (bicyclic) bond motifs is 5. The summed E-state index contributed by atoms with van der Waals surface area (Å²) in [5.41, 5.74) is 0.598. The van der Waals surface area contributed by atoms with Gasteiger partial charge in [-0.15, -0.1) is 0 Å². The molecule has 4 fully saturated rings. The van der Waals surface area contributed by atoms with E-state index >= 15 is 0 Å². The van der Waals surface area contributed by atoms with E-state index in [4.69, 9.17) is 4.74 Å². The van der Waals surface area contributed by atoms with Crippen molar-refractivity contribution < 1.29 is 17.9 Å². The fourth-order valence-electron chi connectivity index (χ4n) is 8.79. The summed E-state index contributed by atoms with van der Waals surface area (Å²) in [5.74, 6) is 2.26. The third-order valence-corrected chi connectivity index (χ3v) is 10.5. The second kappa shape index (κ2) is 10.2. The van der Waals surface area contributed by atoms with E-state index in [-0.39, 0.29) is 11.3 Å². The largest absolute Gasteiger partial charge is 0.391 e. The maximum atomic E-state index is 13.4. The molecular formula is C28H49F3O. The van der Waals surface area contributed by atoms with Crippen molar-refractivity contribution in [2.45, 2.75) is 124 Å². The van der Waals surface area contributed by atoms with E-state index < -0.39 is 12.1 Å². The van der Waals surface area contributed by atoms with E-state index in [1.807, 2.05) is 13.8 Å². The van der Waals surface area contributed by atoms with Gasteiger partial charge in [0.2, 0.25) is 0 Å². The fraction of sp³-hybridized carbons (Fsp3) is 1.00. The molecule has 0 amide bonds. The van der Waals surface area contributed by atoms with Gasteiger partial charge in [0, 0.05) is 6.61 Å². The second-order valence-corrected chi connectivity index (χ2v) is 12.1. The van der Waals surface area contributed by atoms with Gasteiger partial charge in [-0.3, -0.25) is 0 Å². The third kappa shape index (κ3) is 4.91. The molecule has 1 nitrogen and oxygen atoms in total. The van der Waals surface area contributed by atoms with Gasteiger partial charge >= 0.3 is 6.18 Å². The molecule has 0 radical (unpaired) electrons. The quantitative estimate of drug-likeness (QED) is 0.373. The molecule has 0 bridgehead atoms. The summed E-state index contributed by atoms with van der Waals surface area (Å²) in [6.45, 7) is 14.0. The normalized spacial score (nSPS) is 43.7. The lowest BCUT2D eigenvalue weighted by molar-refractivity contribution is -0.208. The van der Waals surface area contributed by atoms with Crippen LogP contribution in [0.25, 0.3) is 0 Å². The smallest absolute Gasteiger partial charge is 0.379 e. The number of rotatable bonds is 5. The first-order valence-electron chi connectivity index (χ1n) is 13.7.